The van der Waals surface area contributed by atoms with Gasteiger partial charge in [-0.05, 0) is 65.7 Å². The van der Waals surface area contributed by atoms with E-state index in [2.05, 4.69) is 34.3 Å². The van der Waals surface area contributed by atoms with Crippen LogP contribution in [0, 0.1) is 13.8 Å². The molecule has 47 heavy (non-hydrogen) atoms. The van der Waals surface area contributed by atoms with Crippen molar-refractivity contribution in [2.45, 2.75) is 79.5 Å². The van der Waals surface area contributed by atoms with Gasteiger partial charge in [-0.1, -0.05) is 49.7 Å². The molecule has 3 heterocycles. The predicted octanol–water partition coefficient (Wildman–Crippen LogP) is 7.53. The Labute approximate surface area is 282 Å². The molecule has 11 heteroatoms. The summed E-state index contributed by atoms with van der Waals surface area (Å²) in [6.07, 6.45) is 4.08. The average Bonchev–Trinajstić information content (AvgIpc) is 3.71. The van der Waals surface area contributed by atoms with E-state index in [4.69, 9.17) is 9.15 Å². The fourth-order valence-electron chi connectivity index (χ4n) is 4.63. The minimum absolute atomic E-state index is 0.0177. The first-order chi connectivity index (χ1) is 22.4. The Kier molecular flexibility index (Phi) is 13.7. The number of ether oxygens (including phenoxy) is 1. The Balaban J connectivity index is 0.000000582. The number of aryl methyl sites for hydroxylation is 2. The molecule has 0 saturated carbocycles. The molecule has 0 radical (unpaired) electrons. The lowest BCUT2D eigenvalue weighted by Crippen LogP contribution is -2.53. The maximum atomic E-state index is 13.3. The standard InChI is InChI=1S/C27H33N5O5S.C7H8.C2H6/c1-17-16-38-22(30-17)15-31(5)25(34)20-13-18(12-19(14-20)24-29-9-11-36-24)23(33)28-8-6-21-7-10-32(21)26(35)37-27(2,3)4;1-7-5-3-2-4-6-7;1-2/h9,11-14,16,21H,6-8,10,15H2,1-5H3,(H,28,33);2-6H,1H3;1-2H3. The third kappa shape index (κ3) is 11.4. The number of thiazole rings is 1. The summed E-state index contributed by atoms with van der Waals surface area (Å²) in [7, 11) is 1.70. The number of rotatable bonds is 8. The zero-order valence-electron chi connectivity index (χ0n) is 28.7. The summed E-state index contributed by atoms with van der Waals surface area (Å²) in [4.78, 5) is 50.6. The predicted molar refractivity (Wildman–Crippen MR) is 185 cm³/mol. The van der Waals surface area contributed by atoms with Crippen LogP contribution in [0.4, 0.5) is 4.79 Å². The van der Waals surface area contributed by atoms with E-state index in [9.17, 15) is 14.4 Å². The van der Waals surface area contributed by atoms with E-state index in [0.29, 0.717) is 48.6 Å². The molecule has 2 aromatic heterocycles. The minimum atomic E-state index is -0.554. The SMILES string of the molecule is CC.Cc1ccccc1.Cc1csc(CN(C)C(=O)c2cc(C(=O)NCCC3CCN3C(=O)OC(C)(C)C)cc(-c3ncco3)c2)n1. The summed E-state index contributed by atoms with van der Waals surface area (Å²) in [5.74, 6) is -0.258. The topological polar surface area (TPSA) is 118 Å². The third-order valence-corrected chi connectivity index (χ3v) is 7.93. The summed E-state index contributed by atoms with van der Waals surface area (Å²) in [6, 6.07) is 15.2. The number of aromatic nitrogens is 2. The fraction of sp³-hybridized carbons (Fsp3) is 0.417. The van der Waals surface area contributed by atoms with E-state index in [1.807, 2.05) is 65.1 Å². The molecule has 252 valence electrons. The van der Waals surface area contributed by atoms with Gasteiger partial charge in [-0.15, -0.1) is 11.3 Å². The summed E-state index contributed by atoms with van der Waals surface area (Å²) >= 11 is 1.50. The molecule has 0 bridgehead atoms. The molecular formula is C36H47N5O5S. The van der Waals surface area contributed by atoms with Crippen LogP contribution in [0.15, 0.2) is 70.8 Å². The van der Waals surface area contributed by atoms with Crippen LogP contribution in [0.1, 0.15) is 84.4 Å². The summed E-state index contributed by atoms with van der Waals surface area (Å²) < 4.78 is 10.9. The smallest absolute Gasteiger partial charge is 0.410 e. The van der Waals surface area contributed by atoms with E-state index in [1.54, 1.807) is 35.0 Å². The first-order valence-electron chi connectivity index (χ1n) is 15.9. The number of nitrogens with one attached hydrogen (secondary N) is 1. The van der Waals surface area contributed by atoms with E-state index < -0.39 is 5.60 Å². The highest BCUT2D eigenvalue weighted by Gasteiger charge is 2.34. The van der Waals surface area contributed by atoms with Crippen LogP contribution in [0.25, 0.3) is 11.5 Å². The van der Waals surface area contributed by atoms with Gasteiger partial charge in [0.05, 0.1) is 12.7 Å². The molecule has 5 rings (SSSR count). The quantitative estimate of drug-likeness (QED) is 0.207. The summed E-state index contributed by atoms with van der Waals surface area (Å²) in [6.45, 7) is 14.9. The van der Waals surface area contributed by atoms with Gasteiger partial charge in [0.2, 0.25) is 5.89 Å². The van der Waals surface area contributed by atoms with E-state index >= 15 is 0 Å². The summed E-state index contributed by atoms with van der Waals surface area (Å²) in [5.41, 5.74) is 2.87. The molecule has 10 nitrogen and oxygen atoms in total. The van der Waals surface area contributed by atoms with E-state index in [1.165, 1.54) is 29.4 Å². The molecular weight excluding hydrogens is 614 g/mol. The molecule has 1 aliphatic heterocycles. The monoisotopic (exact) mass is 661 g/mol. The van der Waals surface area contributed by atoms with Crippen molar-refractivity contribution in [2.24, 2.45) is 0 Å². The number of carbonyl (C=O) groups is 3. The Bertz CT molecular complexity index is 1580. The van der Waals surface area contributed by atoms with Crippen LogP contribution < -0.4 is 5.32 Å². The number of hydrogen-bond donors (Lipinski definition) is 1. The normalized spacial score (nSPS) is 13.6. The Morgan fingerprint density at radius 2 is 1.79 bits per heavy atom. The molecule has 0 aliphatic carbocycles. The highest BCUT2D eigenvalue weighted by atomic mass is 32.1. The van der Waals surface area contributed by atoms with Gasteiger partial charge in [-0.2, -0.15) is 0 Å². The van der Waals surface area contributed by atoms with Crippen molar-refractivity contribution in [1.29, 1.82) is 0 Å². The lowest BCUT2D eigenvalue weighted by Gasteiger charge is -2.41. The zero-order chi connectivity index (χ0) is 34.6. The number of hydrogen-bond acceptors (Lipinski definition) is 8. The lowest BCUT2D eigenvalue weighted by atomic mass is 10.00. The van der Waals surface area contributed by atoms with Gasteiger partial charge >= 0.3 is 6.09 Å². The van der Waals surface area contributed by atoms with Crippen LogP contribution in [0.3, 0.4) is 0 Å². The van der Waals surface area contributed by atoms with Crippen LogP contribution >= 0.6 is 11.3 Å². The van der Waals surface area contributed by atoms with Gasteiger partial charge in [0.15, 0.2) is 0 Å². The van der Waals surface area contributed by atoms with E-state index in [-0.39, 0.29) is 23.9 Å². The van der Waals surface area contributed by atoms with Crippen molar-refractivity contribution in [3.8, 4) is 11.5 Å². The molecule has 4 aromatic rings. The third-order valence-electron chi connectivity index (χ3n) is 6.98. The van der Waals surface area contributed by atoms with Gasteiger partial charge in [0, 0.05) is 53.9 Å². The van der Waals surface area contributed by atoms with E-state index in [0.717, 1.165) is 17.1 Å². The fourth-order valence-corrected chi connectivity index (χ4v) is 5.46. The number of oxazole rings is 1. The van der Waals surface area contributed by atoms with Crippen molar-refractivity contribution in [2.75, 3.05) is 20.1 Å². The molecule has 1 aliphatic rings. The first-order valence-corrected chi connectivity index (χ1v) is 16.8. The number of amides is 3. The molecule has 2 aromatic carbocycles. The van der Waals surface area contributed by atoms with Crippen molar-refractivity contribution < 1.29 is 23.5 Å². The van der Waals surface area contributed by atoms with Gasteiger partial charge < -0.3 is 24.3 Å². The number of nitrogens with zero attached hydrogens (tertiary/aromatic N) is 4. The van der Waals surface area contributed by atoms with Crippen molar-refractivity contribution >= 4 is 29.2 Å². The van der Waals surface area contributed by atoms with Crippen LogP contribution in [-0.4, -0.2) is 69.5 Å². The second-order valence-corrected chi connectivity index (χ2v) is 12.9. The average molecular weight is 662 g/mol. The Morgan fingerprint density at radius 3 is 2.32 bits per heavy atom. The molecule has 3 amide bonds. The molecule has 1 N–H and O–H groups in total. The van der Waals surface area contributed by atoms with Crippen molar-refractivity contribution in [3.05, 3.63) is 93.8 Å². The van der Waals surface area contributed by atoms with Crippen LogP contribution in [0.2, 0.25) is 0 Å². The van der Waals surface area contributed by atoms with Crippen LogP contribution in [0.5, 0.6) is 0 Å². The van der Waals surface area contributed by atoms with Crippen LogP contribution in [-0.2, 0) is 11.3 Å². The molecule has 0 spiro atoms. The maximum Gasteiger partial charge on any atom is 0.410 e. The minimum Gasteiger partial charge on any atom is -0.445 e. The Morgan fingerprint density at radius 1 is 1.09 bits per heavy atom. The summed E-state index contributed by atoms with van der Waals surface area (Å²) in [5, 5.41) is 5.68. The van der Waals surface area contributed by atoms with Gasteiger partial charge in [0.1, 0.15) is 16.9 Å². The zero-order valence-corrected chi connectivity index (χ0v) is 29.5. The molecule has 1 atom stereocenters. The lowest BCUT2D eigenvalue weighted by molar-refractivity contribution is -0.00640. The van der Waals surface area contributed by atoms with Crippen molar-refractivity contribution in [1.82, 2.24) is 25.1 Å². The van der Waals surface area contributed by atoms with Gasteiger partial charge in [-0.25, -0.2) is 14.8 Å². The van der Waals surface area contributed by atoms with Gasteiger partial charge in [-0.3, -0.25) is 9.59 Å². The molecule has 1 saturated heterocycles. The largest absolute Gasteiger partial charge is 0.445 e. The maximum absolute atomic E-state index is 13.3. The first kappa shape index (κ1) is 37.0. The second kappa shape index (κ2) is 17.4. The van der Waals surface area contributed by atoms with Crippen molar-refractivity contribution in [3.63, 3.8) is 0 Å². The highest BCUT2D eigenvalue weighted by Crippen LogP contribution is 2.25. The number of benzene rings is 2. The second-order valence-electron chi connectivity index (χ2n) is 12.0. The molecule has 1 unspecified atom stereocenters. The number of likely N-dealkylation sites (tertiary alicyclic amines) is 1. The molecule has 1 fully saturated rings. The number of carbonyl (C=O) groups excluding carboxylic acids is 3. The Hall–Kier alpha value is -4.51. The highest BCUT2D eigenvalue weighted by molar-refractivity contribution is 7.09. The van der Waals surface area contributed by atoms with Gasteiger partial charge in [0.25, 0.3) is 11.8 Å².